The monoisotopic (exact) mass is 345 g/mol. The van der Waals surface area contributed by atoms with E-state index in [-0.39, 0.29) is 0 Å². The molecule has 0 heterocycles. The lowest BCUT2D eigenvalue weighted by Gasteiger charge is -2.26. The summed E-state index contributed by atoms with van der Waals surface area (Å²) in [5.74, 6) is 0.926. The second-order valence-electron chi connectivity index (χ2n) is 6.70. The molecule has 2 nitrogen and oxygen atoms in total. The van der Waals surface area contributed by atoms with Gasteiger partial charge in [-0.15, -0.1) is 0 Å². The molecule has 26 heavy (non-hydrogen) atoms. The molecule has 0 aromatic heterocycles. The van der Waals surface area contributed by atoms with Gasteiger partial charge in [0, 0.05) is 17.1 Å². The number of hydrogen-bond acceptors (Lipinski definition) is 2. The number of hydrogen-bond donors (Lipinski definition) is 0. The molecule has 0 N–H and O–H groups in total. The van der Waals surface area contributed by atoms with Crippen molar-refractivity contribution in [1.82, 2.24) is 0 Å². The molecular weight excluding hydrogens is 318 g/mol. The first-order chi connectivity index (χ1) is 12.7. The SMILES string of the molecule is CCCCOc1ccc(N(c2ccc(C)cc2)c2ccc(C)cc2)cc1. The molecule has 2 heteroatoms. The van der Waals surface area contributed by atoms with Gasteiger partial charge in [-0.25, -0.2) is 0 Å². The number of ether oxygens (including phenoxy) is 1. The summed E-state index contributed by atoms with van der Waals surface area (Å²) < 4.78 is 5.81. The first-order valence-corrected chi connectivity index (χ1v) is 9.33. The molecule has 0 aliphatic rings. The van der Waals surface area contributed by atoms with Crippen LogP contribution in [0.15, 0.2) is 72.8 Å². The quantitative estimate of drug-likeness (QED) is 0.429. The summed E-state index contributed by atoms with van der Waals surface area (Å²) in [5, 5.41) is 0. The third kappa shape index (κ3) is 4.45. The Labute approximate surface area is 157 Å². The molecule has 0 fully saturated rings. The van der Waals surface area contributed by atoms with Crippen molar-refractivity contribution >= 4 is 17.1 Å². The van der Waals surface area contributed by atoms with Crippen molar-refractivity contribution in [2.24, 2.45) is 0 Å². The Hall–Kier alpha value is -2.74. The van der Waals surface area contributed by atoms with E-state index in [1.807, 2.05) is 0 Å². The van der Waals surface area contributed by atoms with Crippen LogP contribution in [-0.4, -0.2) is 6.61 Å². The number of benzene rings is 3. The van der Waals surface area contributed by atoms with Gasteiger partial charge in [-0.05, 0) is 68.8 Å². The molecule has 134 valence electrons. The average Bonchev–Trinajstić information content (AvgIpc) is 2.66. The number of unbranched alkanes of at least 4 members (excludes halogenated alkanes) is 1. The van der Waals surface area contributed by atoms with Crippen LogP contribution in [0.1, 0.15) is 30.9 Å². The normalized spacial score (nSPS) is 10.6. The zero-order valence-electron chi connectivity index (χ0n) is 15.9. The second kappa shape index (κ2) is 8.57. The summed E-state index contributed by atoms with van der Waals surface area (Å²) in [6, 6.07) is 25.6. The van der Waals surface area contributed by atoms with Crippen LogP contribution in [0.3, 0.4) is 0 Å². The van der Waals surface area contributed by atoms with E-state index in [9.17, 15) is 0 Å². The summed E-state index contributed by atoms with van der Waals surface area (Å²) in [4.78, 5) is 2.27. The van der Waals surface area contributed by atoms with Crippen molar-refractivity contribution in [3.05, 3.63) is 83.9 Å². The Kier molecular flexibility index (Phi) is 5.96. The molecule has 0 aliphatic carbocycles. The molecule has 3 aromatic rings. The van der Waals surface area contributed by atoms with Gasteiger partial charge in [0.25, 0.3) is 0 Å². The topological polar surface area (TPSA) is 12.5 Å². The number of rotatable bonds is 7. The first kappa shape index (κ1) is 18.1. The van der Waals surface area contributed by atoms with Crippen LogP contribution in [0.25, 0.3) is 0 Å². The smallest absolute Gasteiger partial charge is 0.119 e. The van der Waals surface area contributed by atoms with E-state index in [0.29, 0.717) is 0 Å². The molecule has 0 radical (unpaired) electrons. The van der Waals surface area contributed by atoms with E-state index in [2.05, 4.69) is 98.5 Å². The van der Waals surface area contributed by atoms with Crippen LogP contribution in [0, 0.1) is 13.8 Å². The van der Waals surface area contributed by atoms with Crippen LogP contribution in [-0.2, 0) is 0 Å². The van der Waals surface area contributed by atoms with Crippen molar-refractivity contribution in [3.8, 4) is 5.75 Å². The van der Waals surface area contributed by atoms with Crippen LogP contribution in [0.2, 0.25) is 0 Å². The van der Waals surface area contributed by atoms with Gasteiger partial charge in [-0.2, -0.15) is 0 Å². The molecule has 0 spiro atoms. The van der Waals surface area contributed by atoms with Gasteiger partial charge in [-0.1, -0.05) is 48.7 Å². The Morgan fingerprint density at radius 3 is 1.50 bits per heavy atom. The molecular formula is C24H27NO. The minimum atomic E-state index is 0.773. The van der Waals surface area contributed by atoms with Crippen LogP contribution >= 0.6 is 0 Å². The summed E-state index contributed by atoms with van der Waals surface area (Å²) in [6.07, 6.45) is 2.23. The molecule has 0 atom stereocenters. The highest BCUT2D eigenvalue weighted by molar-refractivity contribution is 5.76. The average molecular weight is 345 g/mol. The minimum Gasteiger partial charge on any atom is -0.494 e. The predicted molar refractivity (Wildman–Crippen MR) is 111 cm³/mol. The van der Waals surface area contributed by atoms with Crippen LogP contribution < -0.4 is 9.64 Å². The van der Waals surface area contributed by atoms with E-state index in [4.69, 9.17) is 4.74 Å². The van der Waals surface area contributed by atoms with E-state index < -0.39 is 0 Å². The van der Waals surface area contributed by atoms with E-state index in [1.165, 1.54) is 11.1 Å². The highest BCUT2D eigenvalue weighted by atomic mass is 16.5. The molecule has 0 unspecified atom stereocenters. The Morgan fingerprint density at radius 2 is 1.08 bits per heavy atom. The van der Waals surface area contributed by atoms with Gasteiger partial charge < -0.3 is 9.64 Å². The maximum absolute atomic E-state index is 5.81. The fourth-order valence-electron chi connectivity index (χ4n) is 2.86. The van der Waals surface area contributed by atoms with Gasteiger partial charge >= 0.3 is 0 Å². The first-order valence-electron chi connectivity index (χ1n) is 9.33. The Morgan fingerprint density at radius 1 is 0.654 bits per heavy atom. The predicted octanol–water partition coefficient (Wildman–Crippen LogP) is 6.95. The molecule has 0 bridgehead atoms. The van der Waals surface area contributed by atoms with Gasteiger partial charge in [-0.3, -0.25) is 0 Å². The molecule has 0 saturated carbocycles. The number of anilines is 3. The van der Waals surface area contributed by atoms with Gasteiger partial charge in [0.15, 0.2) is 0 Å². The highest BCUT2D eigenvalue weighted by Crippen LogP contribution is 2.35. The Bertz CT molecular complexity index is 759. The Balaban J connectivity index is 1.92. The van der Waals surface area contributed by atoms with E-state index in [1.54, 1.807) is 0 Å². The van der Waals surface area contributed by atoms with Crippen molar-refractivity contribution in [2.45, 2.75) is 33.6 Å². The third-order valence-electron chi connectivity index (χ3n) is 4.45. The van der Waals surface area contributed by atoms with Crippen molar-refractivity contribution in [3.63, 3.8) is 0 Å². The van der Waals surface area contributed by atoms with Crippen molar-refractivity contribution in [1.29, 1.82) is 0 Å². The van der Waals surface area contributed by atoms with Gasteiger partial charge in [0.2, 0.25) is 0 Å². The lowest BCUT2D eigenvalue weighted by Crippen LogP contribution is -2.10. The minimum absolute atomic E-state index is 0.773. The van der Waals surface area contributed by atoms with E-state index in [0.717, 1.165) is 42.3 Å². The van der Waals surface area contributed by atoms with E-state index >= 15 is 0 Å². The lowest BCUT2D eigenvalue weighted by molar-refractivity contribution is 0.309. The fraction of sp³-hybridized carbons (Fsp3) is 0.250. The molecule has 0 amide bonds. The van der Waals surface area contributed by atoms with Crippen LogP contribution in [0.5, 0.6) is 5.75 Å². The largest absolute Gasteiger partial charge is 0.494 e. The summed E-state index contributed by atoms with van der Waals surface area (Å²) in [6.45, 7) is 7.17. The van der Waals surface area contributed by atoms with Gasteiger partial charge in [0.1, 0.15) is 5.75 Å². The number of nitrogens with zero attached hydrogens (tertiary/aromatic N) is 1. The highest BCUT2D eigenvalue weighted by Gasteiger charge is 2.12. The lowest BCUT2D eigenvalue weighted by atomic mass is 10.1. The maximum atomic E-state index is 5.81. The standard InChI is InChI=1S/C24H27NO/c1-4-5-18-26-24-16-14-23(15-17-24)25(21-10-6-19(2)7-11-21)22-12-8-20(3)9-13-22/h6-17H,4-5,18H2,1-3H3. The van der Waals surface area contributed by atoms with Crippen molar-refractivity contribution in [2.75, 3.05) is 11.5 Å². The third-order valence-corrected chi connectivity index (χ3v) is 4.45. The molecule has 3 aromatic carbocycles. The summed E-state index contributed by atoms with van der Waals surface area (Å²) in [5.41, 5.74) is 5.95. The maximum Gasteiger partial charge on any atom is 0.119 e. The van der Waals surface area contributed by atoms with Gasteiger partial charge in [0.05, 0.1) is 6.61 Å². The fourth-order valence-corrected chi connectivity index (χ4v) is 2.86. The number of aryl methyl sites for hydroxylation is 2. The zero-order chi connectivity index (χ0) is 18.4. The van der Waals surface area contributed by atoms with Crippen molar-refractivity contribution < 1.29 is 4.74 Å². The molecule has 0 aliphatic heterocycles. The molecule has 3 rings (SSSR count). The molecule has 0 saturated heterocycles. The summed E-state index contributed by atoms with van der Waals surface area (Å²) >= 11 is 0. The van der Waals surface area contributed by atoms with Crippen LogP contribution in [0.4, 0.5) is 17.1 Å². The zero-order valence-corrected chi connectivity index (χ0v) is 15.9. The summed E-state index contributed by atoms with van der Waals surface area (Å²) in [7, 11) is 0. The second-order valence-corrected chi connectivity index (χ2v) is 6.70.